The fourth-order valence-electron chi connectivity index (χ4n) is 8.47. The topological polar surface area (TPSA) is 78.9 Å². The molecule has 0 heterocycles. The van der Waals surface area contributed by atoms with Crippen molar-refractivity contribution in [3.05, 3.63) is 134 Å². The van der Waals surface area contributed by atoms with Crippen LogP contribution in [0.3, 0.4) is 0 Å². The molecule has 0 aromatic rings. The Kier molecular flexibility index (Phi) is 60.4. The summed E-state index contributed by atoms with van der Waals surface area (Å²) >= 11 is 0. The van der Waals surface area contributed by atoms with Crippen molar-refractivity contribution in [2.75, 3.05) is 13.2 Å². The van der Waals surface area contributed by atoms with Crippen molar-refractivity contribution >= 4 is 17.9 Å². The Hall–Kier alpha value is -4.45. The fourth-order valence-corrected chi connectivity index (χ4v) is 8.47. The van der Waals surface area contributed by atoms with Crippen LogP contribution in [0.25, 0.3) is 0 Å². The summed E-state index contributed by atoms with van der Waals surface area (Å²) in [5.74, 6) is -0.921. The van der Waals surface area contributed by atoms with Gasteiger partial charge in [0.15, 0.2) is 6.10 Å². The van der Waals surface area contributed by atoms with Crippen molar-refractivity contribution < 1.29 is 28.6 Å². The van der Waals surface area contributed by atoms with E-state index < -0.39 is 6.10 Å². The molecule has 77 heavy (non-hydrogen) atoms. The Balaban J connectivity index is 4.11. The van der Waals surface area contributed by atoms with Crippen LogP contribution in [-0.4, -0.2) is 37.2 Å². The van der Waals surface area contributed by atoms with Gasteiger partial charge in [0, 0.05) is 19.3 Å². The second-order valence-electron chi connectivity index (χ2n) is 20.6. The van der Waals surface area contributed by atoms with Gasteiger partial charge in [-0.2, -0.15) is 0 Å². The number of hydrogen-bond acceptors (Lipinski definition) is 6. The van der Waals surface area contributed by atoms with E-state index in [1.807, 2.05) is 0 Å². The van der Waals surface area contributed by atoms with Crippen molar-refractivity contribution in [1.29, 1.82) is 0 Å². The minimum absolute atomic E-state index is 0.0874. The lowest BCUT2D eigenvalue weighted by molar-refractivity contribution is -0.167. The van der Waals surface area contributed by atoms with E-state index in [4.69, 9.17) is 14.2 Å². The molecule has 0 amide bonds. The molecule has 0 aromatic carbocycles. The Morgan fingerprint density at radius 1 is 0.273 bits per heavy atom. The zero-order valence-electron chi connectivity index (χ0n) is 49.9. The van der Waals surface area contributed by atoms with Crippen LogP contribution in [0.2, 0.25) is 0 Å². The van der Waals surface area contributed by atoms with Gasteiger partial charge in [-0.3, -0.25) is 14.4 Å². The van der Waals surface area contributed by atoms with Crippen LogP contribution in [-0.2, 0) is 28.6 Å². The van der Waals surface area contributed by atoms with E-state index in [2.05, 4.69) is 154 Å². The molecule has 0 aliphatic heterocycles. The third-order valence-corrected chi connectivity index (χ3v) is 13.2. The molecule has 0 saturated heterocycles. The number of ether oxygens (including phenoxy) is 3. The van der Waals surface area contributed by atoms with Crippen LogP contribution in [0.1, 0.15) is 278 Å². The van der Waals surface area contributed by atoms with Crippen molar-refractivity contribution in [3.8, 4) is 0 Å². The third-order valence-electron chi connectivity index (χ3n) is 13.2. The maximum absolute atomic E-state index is 12.8. The Morgan fingerprint density at radius 3 is 0.792 bits per heavy atom. The number of unbranched alkanes of at least 4 members (excludes halogenated alkanes) is 23. The number of rotatable bonds is 56. The van der Waals surface area contributed by atoms with Crippen molar-refractivity contribution in [3.63, 3.8) is 0 Å². The van der Waals surface area contributed by atoms with Gasteiger partial charge in [-0.1, -0.05) is 276 Å². The van der Waals surface area contributed by atoms with E-state index in [0.29, 0.717) is 19.3 Å². The zero-order chi connectivity index (χ0) is 55.7. The van der Waals surface area contributed by atoms with Gasteiger partial charge >= 0.3 is 17.9 Å². The number of allylic oxidation sites excluding steroid dienone is 22. The van der Waals surface area contributed by atoms with Crippen LogP contribution < -0.4 is 0 Å². The number of carbonyl (C=O) groups excluding carboxylic acids is 3. The quantitative estimate of drug-likeness (QED) is 0.0261. The highest BCUT2D eigenvalue weighted by molar-refractivity contribution is 5.71. The molecule has 0 radical (unpaired) electrons. The first-order chi connectivity index (χ1) is 38.0. The summed E-state index contributed by atoms with van der Waals surface area (Å²) in [6.45, 7) is 6.32. The van der Waals surface area contributed by atoms with Crippen molar-refractivity contribution in [2.24, 2.45) is 0 Å². The molecule has 6 nitrogen and oxygen atoms in total. The fraction of sp³-hybridized carbons (Fsp3) is 0.648. The van der Waals surface area contributed by atoms with Gasteiger partial charge in [0.25, 0.3) is 0 Å². The molecule has 0 aliphatic rings. The third kappa shape index (κ3) is 62.3. The highest BCUT2D eigenvalue weighted by Crippen LogP contribution is 2.16. The van der Waals surface area contributed by atoms with Gasteiger partial charge < -0.3 is 14.2 Å². The minimum atomic E-state index is -0.787. The van der Waals surface area contributed by atoms with E-state index >= 15 is 0 Å². The lowest BCUT2D eigenvalue weighted by Crippen LogP contribution is -2.30. The lowest BCUT2D eigenvalue weighted by Gasteiger charge is -2.18. The van der Waals surface area contributed by atoms with Gasteiger partial charge in [0.05, 0.1) is 0 Å². The van der Waals surface area contributed by atoms with Crippen molar-refractivity contribution in [1.82, 2.24) is 0 Å². The average Bonchev–Trinajstić information content (AvgIpc) is 3.43. The Labute approximate surface area is 475 Å². The number of carbonyl (C=O) groups is 3. The predicted octanol–water partition coefficient (Wildman–Crippen LogP) is 21.8. The molecule has 0 saturated carbocycles. The van der Waals surface area contributed by atoms with E-state index in [9.17, 15) is 14.4 Å². The normalized spacial score (nSPS) is 13.0. The van der Waals surface area contributed by atoms with Gasteiger partial charge in [-0.05, 0) is 116 Å². The highest BCUT2D eigenvalue weighted by atomic mass is 16.6. The first-order valence-corrected chi connectivity index (χ1v) is 31.7. The molecule has 0 aromatic heterocycles. The molecule has 436 valence electrons. The number of hydrogen-bond donors (Lipinski definition) is 0. The molecule has 6 heteroatoms. The summed E-state index contributed by atoms with van der Waals surface area (Å²) in [5.41, 5.74) is 0. The molecule has 0 N–H and O–H groups in total. The smallest absolute Gasteiger partial charge is 0.306 e. The number of esters is 3. The summed E-state index contributed by atoms with van der Waals surface area (Å²) in [7, 11) is 0. The second-order valence-corrected chi connectivity index (χ2v) is 20.6. The first kappa shape index (κ1) is 72.5. The largest absolute Gasteiger partial charge is 0.462 e. The molecule has 0 bridgehead atoms. The predicted molar refractivity (Wildman–Crippen MR) is 334 cm³/mol. The summed E-state index contributed by atoms with van der Waals surface area (Å²) in [6.07, 6.45) is 90.7. The minimum Gasteiger partial charge on any atom is -0.462 e. The summed E-state index contributed by atoms with van der Waals surface area (Å²) < 4.78 is 16.8. The average molecular weight is 1070 g/mol. The standard InChI is InChI=1S/C71H116O6/c1-4-7-10-13-15-17-19-21-23-25-27-29-31-33-35-37-39-41-43-45-47-49-51-53-55-58-61-64-70(73)76-67-68(66-75-69(72)63-60-57-12-9-6-3)77-71(74)65-62-59-56-54-52-50-48-46-44-42-40-38-36-34-32-30-28-26-24-22-20-18-16-14-11-8-5-2/h7-8,10-11,15-18,21-24,27-30,33,35,39,41,45,47,68H,4-6,9,12-14,19-20,25-26,31-32,34,36-38,40,42-44,46,48-67H2,1-3H3/b10-7-,11-8-,17-15-,18-16-,23-21-,24-22-,29-27-,30-28-,35-33-,41-39-,47-45-. The molecule has 1 atom stereocenters. The van der Waals surface area contributed by atoms with Crippen LogP contribution in [0.15, 0.2) is 134 Å². The highest BCUT2D eigenvalue weighted by Gasteiger charge is 2.19. The van der Waals surface area contributed by atoms with Crippen molar-refractivity contribution in [2.45, 2.75) is 284 Å². The molecule has 0 rings (SSSR count). The van der Waals surface area contributed by atoms with Gasteiger partial charge in [-0.25, -0.2) is 0 Å². The van der Waals surface area contributed by atoms with Crippen LogP contribution in [0.4, 0.5) is 0 Å². The van der Waals surface area contributed by atoms with Gasteiger partial charge in [0.2, 0.25) is 0 Å². The van der Waals surface area contributed by atoms with E-state index in [0.717, 1.165) is 154 Å². The van der Waals surface area contributed by atoms with Crippen LogP contribution >= 0.6 is 0 Å². The first-order valence-electron chi connectivity index (χ1n) is 31.7. The van der Waals surface area contributed by atoms with E-state index in [1.165, 1.54) is 83.5 Å². The van der Waals surface area contributed by atoms with Gasteiger partial charge in [-0.15, -0.1) is 0 Å². The van der Waals surface area contributed by atoms with Crippen LogP contribution in [0, 0.1) is 0 Å². The maximum Gasteiger partial charge on any atom is 0.306 e. The Bertz CT molecular complexity index is 1650. The van der Waals surface area contributed by atoms with Crippen LogP contribution in [0.5, 0.6) is 0 Å². The molecular formula is C71H116O6. The Morgan fingerprint density at radius 2 is 0.506 bits per heavy atom. The summed E-state index contributed by atoms with van der Waals surface area (Å²) in [4.78, 5) is 37.9. The van der Waals surface area contributed by atoms with E-state index in [-0.39, 0.29) is 31.1 Å². The van der Waals surface area contributed by atoms with Gasteiger partial charge in [0.1, 0.15) is 13.2 Å². The second kappa shape index (κ2) is 64.1. The lowest BCUT2D eigenvalue weighted by atomic mass is 10.0. The molecule has 0 aliphatic carbocycles. The zero-order valence-corrected chi connectivity index (χ0v) is 49.9. The molecule has 1 unspecified atom stereocenters. The summed E-state index contributed by atoms with van der Waals surface area (Å²) in [6, 6.07) is 0. The maximum atomic E-state index is 12.8. The monoisotopic (exact) mass is 1060 g/mol. The summed E-state index contributed by atoms with van der Waals surface area (Å²) in [5, 5.41) is 0. The molecular weight excluding hydrogens is 949 g/mol. The molecule has 0 fully saturated rings. The van der Waals surface area contributed by atoms with E-state index in [1.54, 1.807) is 0 Å². The SMILES string of the molecule is CC/C=C\C/C=C\C/C=C\C/C=C\C/C=C\C/C=C\C/C=C\CCCCCCCC(=O)OCC(COC(=O)CCCCCCC)OC(=O)CCCCCCCCCCCCCCCC/C=C\C/C=C\C/C=C\C/C=C\CC. The molecule has 0 spiro atoms.